The summed E-state index contributed by atoms with van der Waals surface area (Å²) in [4.78, 5) is 2.38. The summed E-state index contributed by atoms with van der Waals surface area (Å²) in [6, 6.07) is 16.3. The summed E-state index contributed by atoms with van der Waals surface area (Å²) in [5, 5.41) is 11.8. The molecule has 1 nitrogen and oxygen atoms in total. The van der Waals surface area contributed by atoms with E-state index >= 15 is 0 Å². The third-order valence-electron chi connectivity index (χ3n) is 2.57. The Kier molecular flexibility index (Phi) is 2.71. The van der Waals surface area contributed by atoms with Crippen molar-refractivity contribution in [2.75, 3.05) is 0 Å². The van der Waals surface area contributed by atoms with E-state index in [0.29, 0.717) is 5.06 Å². The van der Waals surface area contributed by atoms with Gasteiger partial charge in [0.1, 0.15) is 0 Å². The van der Waals surface area contributed by atoms with Gasteiger partial charge in [-0.3, -0.25) is 0 Å². The first kappa shape index (κ1) is 10.6. The van der Waals surface area contributed by atoms with Crippen molar-refractivity contribution >= 4 is 22.7 Å². The second-order valence-corrected chi connectivity index (χ2v) is 5.70. The molecule has 3 rings (SSSR count). The third kappa shape index (κ3) is 2.12. The molecule has 0 saturated carbocycles. The van der Waals surface area contributed by atoms with Crippen LogP contribution in [-0.4, -0.2) is 5.11 Å². The van der Waals surface area contributed by atoms with E-state index in [1.165, 1.54) is 21.8 Å². The molecule has 0 spiro atoms. The van der Waals surface area contributed by atoms with Gasteiger partial charge < -0.3 is 5.11 Å². The predicted octanol–water partition coefficient (Wildman–Crippen LogP) is 4.85. The van der Waals surface area contributed by atoms with Crippen LogP contribution in [0.25, 0.3) is 20.9 Å². The van der Waals surface area contributed by atoms with Crippen molar-refractivity contribution in [3.8, 4) is 25.9 Å². The van der Waals surface area contributed by atoms with Gasteiger partial charge in [-0.25, -0.2) is 0 Å². The van der Waals surface area contributed by atoms with Gasteiger partial charge in [-0.2, -0.15) is 0 Å². The van der Waals surface area contributed by atoms with E-state index in [9.17, 15) is 5.11 Å². The van der Waals surface area contributed by atoms with Crippen molar-refractivity contribution in [2.45, 2.75) is 0 Å². The van der Waals surface area contributed by atoms with Gasteiger partial charge in [0.25, 0.3) is 0 Å². The molecule has 2 heterocycles. The zero-order chi connectivity index (χ0) is 11.7. The van der Waals surface area contributed by atoms with Gasteiger partial charge in [0.2, 0.25) is 0 Å². The maximum Gasteiger partial charge on any atom is 0.171 e. The van der Waals surface area contributed by atoms with Crippen LogP contribution in [-0.2, 0) is 0 Å². The summed E-state index contributed by atoms with van der Waals surface area (Å²) in [6.45, 7) is 0. The second kappa shape index (κ2) is 4.35. The number of rotatable bonds is 2. The van der Waals surface area contributed by atoms with E-state index in [0.717, 1.165) is 10.4 Å². The number of thiophene rings is 2. The number of aromatic hydroxyl groups is 1. The summed E-state index contributed by atoms with van der Waals surface area (Å²) >= 11 is 3.15. The first-order chi connectivity index (χ1) is 8.33. The van der Waals surface area contributed by atoms with Crippen LogP contribution in [0.4, 0.5) is 0 Å². The van der Waals surface area contributed by atoms with Crippen LogP contribution in [0.15, 0.2) is 53.9 Å². The van der Waals surface area contributed by atoms with E-state index in [1.807, 2.05) is 6.07 Å². The fourth-order valence-electron chi connectivity index (χ4n) is 1.72. The largest absolute Gasteiger partial charge is 0.499 e. The summed E-state index contributed by atoms with van der Waals surface area (Å²) in [5.74, 6) is 0. The van der Waals surface area contributed by atoms with E-state index in [-0.39, 0.29) is 0 Å². The van der Waals surface area contributed by atoms with Gasteiger partial charge in [-0.05, 0) is 34.7 Å². The Morgan fingerprint density at radius 3 is 2.00 bits per heavy atom. The van der Waals surface area contributed by atoms with Crippen molar-refractivity contribution in [1.82, 2.24) is 0 Å². The molecule has 0 amide bonds. The molecule has 0 aliphatic heterocycles. The van der Waals surface area contributed by atoms with Crippen molar-refractivity contribution in [1.29, 1.82) is 0 Å². The summed E-state index contributed by atoms with van der Waals surface area (Å²) in [7, 11) is 0. The molecule has 17 heavy (non-hydrogen) atoms. The molecule has 0 aliphatic carbocycles. The van der Waals surface area contributed by atoms with E-state index in [4.69, 9.17) is 0 Å². The monoisotopic (exact) mass is 258 g/mol. The van der Waals surface area contributed by atoms with Crippen LogP contribution >= 0.6 is 22.7 Å². The molecule has 2 aromatic heterocycles. The Balaban J connectivity index is 1.95. The van der Waals surface area contributed by atoms with Crippen molar-refractivity contribution in [3.63, 3.8) is 0 Å². The molecule has 3 heteroatoms. The van der Waals surface area contributed by atoms with Gasteiger partial charge in [0.05, 0.1) is 0 Å². The number of benzene rings is 1. The fraction of sp³-hybridized carbons (Fsp3) is 0. The smallest absolute Gasteiger partial charge is 0.171 e. The molecule has 0 atom stereocenters. The van der Waals surface area contributed by atoms with Crippen LogP contribution < -0.4 is 0 Å². The second-order valence-electron chi connectivity index (χ2n) is 3.69. The molecule has 0 unspecified atom stereocenters. The Hall–Kier alpha value is -1.58. The lowest BCUT2D eigenvalue weighted by Gasteiger charge is -2.00. The fourth-order valence-corrected chi connectivity index (χ4v) is 3.21. The normalized spacial score (nSPS) is 10.6. The molecule has 0 fully saturated rings. The zero-order valence-corrected chi connectivity index (χ0v) is 10.6. The molecule has 0 aliphatic rings. The Morgan fingerprint density at radius 1 is 0.765 bits per heavy atom. The number of hydrogen-bond donors (Lipinski definition) is 1. The maximum absolute atomic E-state index is 9.34. The highest BCUT2D eigenvalue weighted by atomic mass is 32.1. The van der Waals surface area contributed by atoms with Gasteiger partial charge in [-0.15, -0.1) is 11.3 Å². The molecule has 1 aromatic carbocycles. The average Bonchev–Trinajstić information content (AvgIpc) is 3.00. The Labute approximate surface area is 108 Å². The Morgan fingerprint density at radius 2 is 1.47 bits per heavy atom. The van der Waals surface area contributed by atoms with Crippen LogP contribution in [0, 0.1) is 0 Å². The van der Waals surface area contributed by atoms with Crippen LogP contribution in [0.3, 0.4) is 0 Å². The molecular weight excluding hydrogens is 248 g/mol. The van der Waals surface area contributed by atoms with Gasteiger partial charge in [0.15, 0.2) is 5.06 Å². The predicted molar refractivity (Wildman–Crippen MR) is 74.7 cm³/mol. The van der Waals surface area contributed by atoms with E-state index in [1.54, 1.807) is 17.4 Å². The van der Waals surface area contributed by atoms with E-state index in [2.05, 4.69) is 41.8 Å². The topological polar surface area (TPSA) is 20.2 Å². The lowest BCUT2D eigenvalue weighted by Crippen LogP contribution is -1.74. The quantitative estimate of drug-likeness (QED) is 0.696. The standard InChI is InChI=1S/C14H10OS2/c15-14-8-7-13(17-14)11-5-3-10(4-6-11)12-2-1-9-16-12/h1-9,15H. The van der Waals surface area contributed by atoms with E-state index < -0.39 is 0 Å². The van der Waals surface area contributed by atoms with Crippen LogP contribution in [0.2, 0.25) is 0 Å². The van der Waals surface area contributed by atoms with Gasteiger partial charge in [0, 0.05) is 9.75 Å². The highest BCUT2D eigenvalue weighted by Crippen LogP contribution is 2.33. The third-order valence-corrected chi connectivity index (χ3v) is 4.42. The molecule has 3 aromatic rings. The zero-order valence-electron chi connectivity index (χ0n) is 8.96. The highest BCUT2D eigenvalue weighted by molar-refractivity contribution is 7.17. The molecule has 0 bridgehead atoms. The van der Waals surface area contributed by atoms with Gasteiger partial charge in [-0.1, -0.05) is 41.7 Å². The molecule has 84 valence electrons. The molecule has 1 N–H and O–H groups in total. The number of hydrogen-bond acceptors (Lipinski definition) is 3. The van der Waals surface area contributed by atoms with Crippen LogP contribution in [0.5, 0.6) is 5.06 Å². The van der Waals surface area contributed by atoms with Crippen molar-refractivity contribution < 1.29 is 5.11 Å². The van der Waals surface area contributed by atoms with Crippen LogP contribution in [0.1, 0.15) is 0 Å². The SMILES string of the molecule is Oc1ccc(-c2ccc(-c3cccs3)cc2)s1. The minimum atomic E-state index is 0.363. The van der Waals surface area contributed by atoms with Crippen molar-refractivity contribution in [2.24, 2.45) is 0 Å². The highest BCUT2D eigenvalue weighted by Gasteiger charge is 2.03. The minimum Gasteiger partial charge on any atom is -0.499 e. The Bertz CT molecular complexity index is 606. The van der Waals surface area contributed by atoms with Crippen molar-refractivity contribution in [3.05, 3.63) is 53.9 Å². The average molecular weight is 258 g/mol. The maximum atomic E-state index is 9.34. The molecule has 0 radical (unpaired) electrons. The molecular formula is C14H10OS2. The molecule has 0 saturated heterocycles. The first-order valence-corrected chi connectivity index (χ1v) is 6.96. The lowest BCUT2D eigenvalue weighted by atomic mass is 10.1. The summed E-state index contributed by atoms with van der Waals surface area (Å²) in [6.07, 6.45) is 0. The lowest BCUT2D eigenvalue weighted by molar-refractivity contribution is 0.491. The minimum absolute atomic E-state index is 0.363. The summed E-state index contributed by atoms with van der Waals surface area (Å²) < 4.78 is 0. The summed E-state index contributed by atoms with van der Waals surface area (Å²) in [5.41, 5.74) is 2.39. The first-order valence-electron chi connectivity index (χ1n) is 5.26. The van der Waals surface area contributed by atoms with Gasteiger partial charge >= 0.3 is 0 Å².